The molecule has 1 aliphatic heterocycles. The Bertz CT molecular complexity index is 539. The van der Waals surface area contributed by atoms with Gasteiger partial charge in [0.1, 0.15) is 5.82 Å². The fourth-order valence-electron chi connectivity index (χ4n) is 2.63. The molecule has 0 bridgehead atoms. The van der Waals surface area contributed by atoms with Gasteiger partial charge in [-0.05, 0) is 30.9 Å². The van der Waals surface area contributed by atoms with E-state index in [0.29, 0.717) is 6.04 Å². The summed E-state index contributed by atoms with van der Waals surface area (Å²) in [4.78, 5) is 0. The van der Waals surface area contributed by atoms with E-state index in [1.54, 1.807) is 0 Å². The van der Waals surface area contributed by atoms with Crippen molar-refractivity contribution in [3.8, 4) is 0 Å². The fourth-order valence-corrected chi connectivity index (χ4v) is 2.63. The van der Waals surface area contributed by atoms with E-state index in [-0.39, 0.29) is 0 Å². The Hall–Kier alpha value is -1.77. The predicted molar refractivity (Wildman–Crippen MR) is 74.0 cm³/mol. The van der Waals surface area contributed by atoms with Crippen molar-refractivity contribution in [1.82, 2.24) is 9.78 Å². The Kier molecular flexibility index (Phi) is 2.82. The average Bonchev–Trinajstić information content (AvgIpc) is 2.79. The monoisotopic (exact) mass is 241 g/mol. The van der Waals surface area contributed by atoms with Gasteiger partial charge in [0.15, 0.2) is 0 Å². The highest BCUT2D eigenvalue weighted by molar-refractivity contribution is 5.41. The molecule has 0 saturated carbocycles. The maximum absolute atomic E-state index is 4.61. The van der Waals surface area contributed by atoms with E-state index in [9.17, 15) is 0 Å². The van der Waals surface area contributed by atoms with E-state index in [1.807, 2.05) is 6.92 Å². The van der Waals surface area contributed by atoms with E-state index in [0.717, 1.165) is 30.9 Å². The zero-order valence-electron chi connectivity index (χ0n) is 11.0. The molecule has 0 spiro atoms. The second-order valence-electron chi connectivity index (χ2n) is 4.94. The first-order valence-corrected chi connectivity index (χ1v) is 6.67. The Morgan fingerprint density at radius 1 is 1.33 bits per heavy atom. The van der Waals surface area contributed by atoms with Crippen molar-refractivity contribution in [1.29, 1.82) is 0 Å². The molecule has 1 aromatic carbocycles. The first-order chi connectivity index (χ1) is 8.78. The molecular weight excluding hydrogens is 222 g/mol. The molecule has 0 amide bonds. The topological polar surface area (TPSA) is 29.9 Å². The van der Waals surface area contributed by atoms with Gasteiger partial charge in [0.2, 0.25) is 0 Å². The number of aromatic nitrogens is 2. The summed E-state index contributed by atoms with van der Waals surface area (Å²) in [6.45, 7) is 5.25. The number of nitrogens with zero attached hydrogens (tertiary/aromatic N) is 2. The van der Waals surface area contributed by atoms with Gasteiger partial charge in [0, 0.05) is 12.6 Å². The third kappa shape index (κ3) is 1.90. The van der Waals surface area contributed by atoms with Crippen LogP contribution in [0.2, 0.25) is 0 Å². The van der Waals surface area contributed by atoms with Crippen LogP contribution in [0.25, 0.3) is 0 Å². The van der Waals surface area contributed by atoms with Crippen LogP contribution in [0.3, 0.4) is 0 Å². The molecule has 1 unspecified atom stereocenters. The highest BCUT2D eigenvalue weighted by Gasteiger charge is 2.22. The smallest absolute Gasteiger partial charge is 0.125 e. The zero-order chi connectivity index (χ0) is 12.5. The lowest BCUT2D eigenvalue weighted by molar-refractivity contribution is 0.479. The van der Waals surface area contributed by atoms with Crippen molar-refractivity contribution in [2.45, 2.75) is 32.7 Å². The fraction of sp³-hybridized carbons (Fsp3) is 0.400. The van der Waals surface area contributed by atoms with Crippen molar-refractivity contribution in [3.05, 3.63) is 47.2 Å². The molecule has 0 fully saturated rings. The lowest BCUT2D eigenvalue weighted by Gasteiger charge is -2.26. The second-order valence-corrected chi connectivity index (χ2v) is 4.94. The van der Waals surface area contributed by atoms with Gasteiger partial charge in [-0.25, -0.2) is 4.68 Å². The van der Waals surface area contributed by atoms with Crippen LogP contribution in [0.1, 0.15) is 36.2 Å². The molecule has 18 heavy (non-hydrogen) atoms. The van der Waals surface area contributed by atoms with Crippen molar-refractivity contribution >= 4 is 5.82 Å². The van der Waals surface area contributed by atoms with E-state index in [2.05, 4.69) is 52.4 Å². The number of aryl methyl sites for hydroxylation is 2. The summed E-state index contributed by atoms with van der Waals surface area (Å²) in [5, 5.41) is 8.01. The molecular formula is C15H19N3. The molecule has 1 aromatic heterocycles. The Balaban J connectivity index is 1.97. The van der Waals surface area contributed by atoms with Crippen molar-refractivity contribution < 1.29 is 0 Å². The average molecular weight is 241 g/mol. The van der Waals surface area contributed by atoms with Crippen LogP contribution in [-0.2, 0) is 6.42 Å². The quantitative estimate of drug-likeness (QED) is 0.875. The number of rotatable bonds is 2. The van der Waals surface area contributed by atoms with Gasteiger partial charge in [0.05, 0.1) is 11.7 Å². The molecule has 2 aromatic rings. The highest BCUT2D eigenvalue weighted by atomic mass is 15.4. The Morgan fingerprint density at radius 2 is 2.11 bits per heavy atom. The summed E-state index contributed by atoms with van der Waals surface area (Å²) < 4.78 is 2.12. The van der Waals surface area contributed by atoms with Crippen LogP contribution < -0.4 is 5.32 Å². The van der Waals surface area contributed by atoms with Gasteiger partial charge in [-0.15, -0.1) is 0 Å². The summed E-state index contributed by atoms with van der Waals surface area (Å²) in [5.41, 5.74) is 3.83. The summed E-state index contributed by atoms with van der Waals surface area (Å²) in [6.07, 6.45) is 2.19. The van der Waals surface area contributed by atoms with Crippen LogP contribution in [0, 0.1) is 6.92 Å². The van der Waals surface area contributed by atoms with E-state index in [4.69, 9.17) is 0 Å². The molecule has 0 radical (unpaired) electrons. The number of hydrogen-bond donors (Lipinski definition) is 1. The van der Waals surface area contributed by atoms with Crippen LogP contribution in [0.15, 0.2) is 30.3 Å². The summed E-state index contributed by atoms with van der Waals surface area (Å²) in [7, 11) is 0. The van der Waals surface area contributed by atoms with E-state index in [1.165, 1.54) is 11.1 Å². The zero-order valence-corrected chi connectivity index (χ0v) is 11.0. The summed E-state index contributed by atoms with van der Waals surface area (Å²) in [6, 6.07) is 11.4. The normalized spacial score (nSPS) is 18.2. The van der Waals surface area contributed by atoms with Gasteiger partial charge < -0.3 is 5.32 Å². The lowest BCUT2D eigenvalue weighted by atomic mass is 10.0. The molecule has 1 aliphatic rings. The van der Waals surface area contributed by atoms with Crippen LogP contribution in [0.5, 0.6) is 0 Å². The molecule has 3 heteroatoms. The minimum Gasteiger partial charge on any atom is -0.370 e. The minimum atomic E-state index is 0.376. The SMILES string of the molecule is CCc1ccc(C2CCNc3cc(C)nn32)cc1. The summed E-state index contributed by atoms with van der Waals surface area (Å²) in [5.74, 6) is 1.14. The Labute approximate surface area is 108 Å². The summed E-state index contributed by atoms with van der Waals surface area (Å²) >= 11 is 0. The first kappa shape index (κ1) is 11.3. The number of hydrogen-bond acceptors (Lipinski definition) is 2. The molecule has 1 atom stereocenters. The number of benzene rings is 1. The van der Waals surface area contributed by atoms with Crippen molar-refractivity contribution in [2.75, 3.05) is 11.9 Å². The van der Waals surface area contributed by atoms with Crippen LogP contribution in [-0.4, -0.2) is 16.3 Å². The number of nitrogens with one attached hydrogen (secondary N) is 1. The van der Waals surface area contributed by atoms with E-state index < -0.39 is 0 Å². The number of fused-ring (bicyclic) bond motifs is 1. The maximum Gasteiger partial charge on any atom is 0.125 e. The van der Waals surface area contributed by atoms with Crippen molar-refractivity contribution in [2.24, 2.45) is 0 Å². The Morgan fingerprint density at radius 3 is 2.83 bits per heavy atom. The lowest BCUT2D eigenvalue weighted by Crippen LogP contribution is -2.24. The van der Waals surface area contributed by atoms with Gasteiger partial charge >= 0.3 is 0 Å². The third-order valence-electron chi connectivity index (χ3n) is 3.65. The molecule has 3 nitrogen and oxygen atoms in total. The van der Waals surface area contributed by atoms with Crippen LogP contribution in [0.4, 0.5) is 5.82 Å². The van der Waals surface area contributed by atoms with Gasteiger partial charge in [0.25, 0.3) is 0 Å². The van der Waals surface area contributed by atoms with Crippen molar-refractivity contribution in [3.63, 3.8) is 0 Å². The minimum absolute atomic E-state index is 0.376. The highest BCUT2D eigenvalue weighted by Crippen LogP contribution is 2.29. The largest absolute Gasteiger partial charge is 0.370 e. The van der Waals surface area contributed by atoms with Gasteiger partial charge in [-0.2, -0.15) is 5.10 Å². The molecule has 2 heterocycles. The number of anilines is 1. The molecule has 0 aliphatic carbocycles. The third-order valence-corrected chi connectivity index (χ3v) is 3.65. The van der Waals surface area contributed by atoms with Crippen LogP contribution >= 0.6 is 0 Å². The predicted octanol–water partition coefficient (Wildman–Crippen LogP) is 3.16. The second kappa shape index (κ2) is 4.48. The molecule has 94 valence electrons. The molecule has 0 saturated heterocycles. The maximum atomic E-state index is 4.61. The molecule has 1 N–H and O–H groups in total. The standard InChI is InChI=1S/C15H19N3/c1-3-12-4-6-13(7-5-12)14-8-9-16-15-10-11(2)17-18(14)15/h4-7,10,14,16H,3,8-9H2,1-2H3. The molecule has 3 rings (SSSR count). The van der Waals surface area contributed by atoms with E-state index >= 15 is 0 Å². The van der Waals surface area contributed by atoms with Gasteiger partial charge in [-0.1, -0.05) is 31.2 Å². The first-order valence-electron chi connectivity index (χ1n) is 6.67. The van der Waals surface area contributed by atoms with Gasteiger partial charge in [-0.3, -0.25) is 0 Å².